The molecule has 0 saturated heterocycles. The first-order valence-corrected chi connectivity index (χ1v) is 6.24. The van der Waals surface area contributed by atoms with E-state index in [1.165, 1.54) is 6.07 Å². The molecule has 0 heterocycles. The predicted octanol–water partition coefficient (Wildman–Crippen LogP) is 3.07. The fraction of sp³-hybridized carbons (Fsp3) is 0.500. The van der Waals surface area contributed by atoms with E-state index in [-0.39, 0.29) is 17.1 Å². The standard InChI is InChI=1S/C14H21FN2O2/c1-10-9-11(5-6-12(10)15)19-8-4-7-14(2,3)13(16)17-18/h5-6,9,18H,4,7-8H2,1-3H3,(H2,16,17). The minimum atomic E-state index is -0.364. The van der Waals surface area contributed by atoms with Crippen molar-refractivity contribution in [3.05, 3.63) is 29.6 Å². The van der Waals surface area contributed by atoms with Crippen LogP contribution in [0.1, 0.15) is 32.3 Å². The first kappa shape index (κ1) is 15.3. The van der Waals surface area contributed by atoms with Crippen LogP contribution in [0.4, 0.5) is 4.39 Å². The summed E-state index contributed by atoms with van der Waals surface area (Å²) in [5.41, 5.74) is 5.80. The third-order valence-corrected chi connectivity index (χ3v) is 3.15. The summed E-state index contributed by atoms with van der Waals surface area (Å²) in [6.45, 7) is 6.02. The summed E-state index contributed by atoms with van der Waals surface area (Å²) in [5.74, 6) is 0.631. The monoisotopic (exact) mass is 268 g/mol. The Morgan fingerprint density at radius 3 is 2.74 bits per heavy atom. The number of rotatable bonds is 6. The van der Waals surface area contributed by atoms with Crippen molar-refractivity contribution in [2.24, 2.45) is 16.3 Å². The van der Waals surface area contributed by atoms with Gasteiger partial charge in [0.05, 0.1) is 6.61 Å². The summed E-state index contributed by atoms with van der Waals surface area (Å²) < 4.78 is 18.6. The molecule has 0 fully saturated rings. The molecule has 3 N–H and O–H groups in total. The highest BCUT2D eigenvalue weighted by Crippen LogP contribution is 2.23. The van der Waals surface area contributed by atoms with Gasteiger partial charge in [0, 0.05) is 5.41 Å². The SMILES string of the molecule is Cc1cc(OCCCC(C)(C)/C(N)=N/O)ccc1F. The summed E-state index contributed by atoms with van der Waals surface area (Å²) in [7, 11) is 0. The zero-order chi connectivity index (χ0) is 14.5. The Hall–Kier alpha value is -1.78. The summed E-state index contributed by atoms with van der Waals surface area (Å²) >= 11 is 0. The molecule has 1 aromatic carbocycles. The van der Waals surface area contributed by atoms with Crippen LogP contribution in [0.15, 0.2) is 23.4 Å². The molecule has 0 spiro atoms. The van der Waals surface area contributed by atoms with Crippen LogP contribution in [0, 0.1) is 18.2 Å². The van der Waals surface area contributed by atoms with E-state index in [0.717, 1.165) is 12.8 Å². The molecule has 0 aliphatic carbocycles. The first-order chi connectivity index (χ1) is 8.86. The molecule has 0 aliphatic heterocycles. The minimum Gasteiger partial charge on any atom is -0.494 e. The number of hydrogen-bond donors (Lipinski definition) is 2. The van der Waals surface area contributed by atoms with E-state index < -0.39 is 0 Å². The normalized spacial score (nSPS) is 12.5. The minimum absolute atomic E-state index is 0.213. The van der Waals surface area contributed by atoms with Gasteiger partial charge in [0.2, 0.25) is 0 Å². The molecule has 106 valence electrons. The van der Waals surface area contributed by atoms with Crippen molar-refractivity contribution in [2.75, 3.05) is 6.61 Å². The van der Waals surface area contributed by atoms with Gasteiger partial charge in [0.25, 0.3) is 0 Å². The van der Waals surface area contributed by atoms with Crippen LogP contribution in [0.3, 0.4) is 0 Å². The third-order valence-electron chi connectivity index (χ3n) is 3.15. The van der Waals surface area contributed by atoms with Gasteiger partial charge in [-0.3, -0.25) is 0 Å². The number of benzene rings is 1. The van der Waals surface area contributed by atoms with E-state index in [1.807, 2.05) is 13.8 Å². The maximum Gasteiger partial charge on any atom is 0.144 e. The molecule has 0 aliphatic rings. The molecule has 1 aromatic rings. The first-order valence-electron chi connectivity index (χ1n) is 6.24. The molecule has 1 rings (SSSR count). The summed E-state index contributed by atoms with van der Waals surface area (Å²) in [4.78, 5) is 0. The van der Waals surface area contributed by atoms with Crippen LogP contribution in [-0.2, 0) is 0 Å². The quantitative estimate of drug-likeness (QED) is 0.274. The summed E-state index contributed by atoms with van der Waals surface area (Å²) in [6.07, 6.45) is 1.50. The van der Waals surface area contributed by atoms with Crippen molar-refractivity contribution in [3.63, 3.8) is 0 Å². The smallest absolute Gasteiger partial charge is 0.144 e. The molecule has 0 aromatic heterocycles. The predicted molar refractivity (Wildman–Crippen MR) is 73.1 cm³/mol. The van der Waals surface area contributed by atoms with Crippen LogP contribution in [-0.4, -0.2) is 17.6 Å². The van der Waals surface area contributed by atoms with E-state index in [9.17, 15) is 4.39 Å². The Bertz CT molecular complexity index is 459. The number of oxime groups is 1. The highest BCUT2D eigenvalue weighted by molar-refractivity contribution is 5.85. The lowest BCUT2D eigenvalue weighted by Crippen LogP contribution is -2.32. The zero-order valence-electron chi connectivity index (χ0n) is 11.6. The van der Waals surface area contributed by atoms with Gasteiger partial charge in [-0.05, 0) is 43.5 Å². The molecule has 0 unspecified atom stereocenters. The molecule has 0 saturated carbocycles. The topological polar surface area (TPSA) is 67.8 Å². The number of nitrogens with zero attached hydrogens (tertiary/aromatic N) is 1. The van der Waals surface area contributed by atoms with Gasteiger partial charge in [-0.25, -0.2) is 4.39 Å². The van der Waals surface area contributed by atoms with Crippen LogP contribution in [0.5, 0.6) is 5.75 Å². The Morgan fingerprint density at radius 2 is 2.16 bits per heavy atom. The van der Waals surface area contributed by atoms with Gasteiger partial charge in [0.1, 0.15) is 17.4 Å². The molecular formula is C14H21FN2O2. The lowest BCUT2D eigenvalue weighted by Gasteiger charge is -2.22. The van der Waals surface area contributed by atoms with Crippen LogP contribution < -0.4 is 10.5 Å². The van der Waals surface area contributed by atoms with Crippen molar-refractivity contribution < 1.29 is 14.3 Å². The molecular weight excluding hydrogens is 247 g/mol. The average molecular weight is 268 g/mol. The Morgan fingerprint density at radius 1 is 1.47 bits per heavy atom. The van der Waals surface area contributed by atoms with Crippen molar-refractivity contribution in [3.8, 4) is 5.75 Å². The molecule has 4 nitrogen and oxygen atoms in total. The molecule has 0 radical (unpaired) electrons. The lowest BCUT2D eigenvalue weighted by molar-refractivity contribution is 0.277. The molecule has 5 heteroatoms. The third kappa shape index (κ3) is 4.43. The second-order valence-corrected chi connectivity index (χ2v) is 5.23. The molecule has 19 heavy (non-hydrogen) atoms. The van der Waals surface area contributed by atoms with Gasteiger partial charge in [0.15, 0.2) is 0 Å². The van der Waals surface area contributed by atoms with Crippen LogP contribution in [0.2, 0.25) is 0 Å². The highest BCUT2D eigenvalue weighted by atomic mass is 19.1. The van der Waals surface area contributed by atoms with Crippen molar-refractivity contribution in [2.45, 2.75) is 33.6 Å². The Kier molecular flexibility index (Phi) is 5.15. The van der Waals surface area contributed by atoms with E-state index in [2.05, 4.69) is 5.16 Å². The number of halogens is 1. The Labute approximate surface area is 113 Å². The number of ether oxygens (including phenoxy) is 1. The van der Waals surface area contributed by atoms with E-state index in [4.69, 9.17) is 15.7 Å². The zero-order valence-corrected chi connectivity index (χ0v) is 11.6. The number of hydrogen-bond acceptors (Lipinski definition) is 3. The van der Waals surface area contributed by atoms with Crippen molar-refractivity contribution >= 4 is 5.84 Å². The summed E-state index contributed by atoms with van der Waals surface area (Å²) in [6, 6.07) is 4.67. The van der Waals surface area contributed by atoms with E-state index >= 15 is 0 Å². The average Bonchev–Trinajstić information content (AvgIpc) is 2.37. The van der Waals surface area contributed by atoms with Gasteiger partial charge in [-0.2, -0.15) is 0 Å². The van der Waals surface area contributed by atoms with E-state index in [0.29, 0.717) is 17.9 Å². The summed E-state index contributed by atoms with van der Waals surface area (Å²) in [5, 5.41) is 11.7. The maximum absolute atomic E-state index is 13.1. The van der Waals surface area contributed by atoms with Crippen LogP contribution in [0.25, 0.3) is 0 Å². The number of aryl methyl sites for hydroxylation is 1. The maximum atomic E-state index is 13.1. The number of amidine groups is 1. The van der Waals surface area contributed by atoms with Gasteiger partial charge >= 0.3 is 0 Å². The fourth-order valence-corrected chi connectivity index (χ4v) is 1.67. The highest BCUT2D eigenvalue weighted by Gasteiger charge is 2.22. The largest absolute Gasteiger partial charge is 0.494 e. The van der Waals surface area contributed by atoms with Crippen molar-refractivity contribution in [1.82, 2.24) is 0 Å². The van der Waals surface area contributed by atoms with Gasteiger partial charge in [-0.15, -0.1) is 0 Å². The number of nitrogens with two attached hydrogens (primary N) is 1. The van der Waals surface area contributed by atoms with Gasteiger partial charge < -0.3 is 15.7 Å². The second-order valence-electron chi connectivity index (χ2n) is 5.23. The lowest BCUT2D eigenvalue weighted by atomic mass is 9.87. The molecule has 0 atom stereocenters. The molecule has 0 bridgehead atoms. The second kappa shape index (κ2) is 6.41. The molecule has 0 amide bonds. The van der Waals surface area contributed by atoms with Crippen LogP contribution >= 0.6 is 0 Å². The van der Waals surface area contributed by atoms with Crippen molar-refractivity contribution in [1.29, 1.82) is 0 Å². The van der Waals surface area contributed by atoms with E-state index in [1.54, 1.807) is 19.1 Å². The fourth-order valence-electron chi connectivity index (χ4n) is 1.67. The van der Waals surface area contributed by atoms with Gasteiger partial charge in [-0.1, -0.05) is 19.0 Å². The Balaban J connectivity index is 2.41.